The predicted octanol–water partition coefficient (Wildman–Crippen LogP) is 9.55. The van der Waals surface area contributed by atoms with Crippen LogP contribution in [0, 0.1) is 0 Å². The van der Waals surface area contributed by atoms with E-state index >= 15 is 0 Å². The number of hydrogen-bond donors (Lipinski definition) is 1. The van der Waals surface area contributed by atoms with E-state index in [1.54, 1.807) is 0 Å². The molecule has 5 aromatic carbocycles. The van der Waals surface area contributed by atoms with Crippen molar-refractivity contribution in [2.24, 2.45) is 4.99 Å². The maximum Gasteiger partial charge on any atom is 0.160 e. The third kappa shape index (κ3) is 5.46. The summed E-state index contributed by atoms with van der Waals surface area (Å²) in [5.74, 6) is 0.669. The van der Waals surface area contributed by atoms with Crippen molar-refractivity contribution >= 4 is 17.1 Å². The molecule has 2 aromatic heterocycles. The molecule has 1 aliphatic heterocycles. The number of allylic oxidation sites excluding steroid dienone is 1. The standard InChI is InChI=1S/C41H29N5/c1-3-10-28(11-4-1)32-19-20-38-36(27-32)39(30-12-5-2-6-13-30)46-41(45-38)35-25-33(24-34(26-35)37-14-7-8-21-42-37)29-15-17-31(18-16-29)40-43-22-9-23-44-40/h1-27,40,43H. The Bertz CT molecular complexity index is 2210. The van der Waals surface area contributed by atoms with Gasteiger partial charge in [0, 0.05) is 34.5 Å². The van der Waals surface area contributed by atoms with Gasteiger partial charge in [-0.05, 0) is 82.6 Å². The van der Waals surface area contributed by atoms with Crippen molar-refractivity contribution in [1.82, 2.24) is 20.3 Å². The van der Waals surface area contributed by atoms with Crippen molar-refractivity contribution in [1.29, 1.82) is 0 Å². The smallest absolute Gasteiger partial charge is 0.160 e. The summed E-state index contributed by atoms with van der Waals surface area (Å²) in [7, 11) is 0. The number of benzene rings is 5. The number of nitrogens with zero attached hydrogens (tertiary/aromatic N) is 4. The van der Waals surface area contributed by atoms with Gasteiger partial charge in [0.15, 0.2) is 5.82 Å². The first-order chi connectivity index (χ1) is 22.8. The van der Waals surface area contributed by atoms with Crippen LogP contribution < -0.4 is 5.32 Å². The van der Waals surface area contributed by atoms with Gasteiger partial charge in [0.25, 0.3) is 0 Å². The van der Waals surface area contributed by atoms with E-state index in [0.717, 1.165) is 66.8 Å². The highest BCUT2D eigenvalue weighted by molar-refractivity contribution is 5.96. The van der Waals surface area contributed by atoms with Crippen LogP contribution in [0.5, 0.6) is 0 Å². The lowest BCUT2D eigenvalue weighted by Gasteiger charge is -2.16. The quantitative estimate of drug-likeness (QED) is 0.209. The summed E-state index contributed by atoms with van der Waals surface area (Å²) < 4.78 is 0. The molecule has 3 heterocycles. The summed E-state index contributed by atoms with van der Waals surface area (Å²) in [6, 6.07) is 48.3. The fourth-order valence-corrected chi connectivity index (χ4v) is 5.90. The van der Waals surface area contributed by atoms with Gasteiger partial charge in [-0.3, -0.25) is 9.98 Å². The third-order valence-electron chi connectivity index (χ3n) is 8.23. The summed E-state index contributed by atoms with van der Waals surface area (Å²) in [4.78, 5) is 19.6. The van der Waals surface area contributed by atoms with Crippen LogP contribution >= 0.6 is 0 Å². The van der Waals surface area contributed by atoms with Crippen LogP contribution in [0.2, 0.25) is 0 Å². The van der Waals surface area contributed by atoms with Gasteiger partial charge in [0.05, 0.1) is 16.9 Å². The lowest BCUT2D eigenvalue weighted by Crippen LogP contribution is -2.15. The molecule has 1 atom stereocenters. The van der Waals surface area contributed by atoms with E-state index in [2.05, 4.69) is 124 Å². The molecule has 8 rings (SSSR count). The Hall–Kier alpha value is -6.20. The van der Waals surface area contributed by atoms with Crippen molar-refractivity contribution in [2.75, 3.05) is 0 Å². The minimum absolute atomic E-state index is 0.0840. The van der Waals surface area contributed by atoms with Gasteiger partial charge in [-0.15, -0.1) is 0 Å². The zero-order valence-electron chi connectivity index (χ0n) is 25.0. The number of aromatic nitrogens is 3. The topological polar surface area (TPSA) is 63.1 Å². The van der Waals surface area contributed by atoms with Crippen molar-refractivity contribution < 1.29 is 0 Å². The van der Waals surface area contributed by atoms with Gasteiger partial charge in [-0.25, -0.2) is 9.97 Å². The minimum Gasteiger partial charge on any atom is -0.366 e. The highest BCUT2D eigenvalue weighted by atomic mass is 15.1. The predicted molar refractivity (Wildman–Crippen MR) is 188 cm³/mol. The maximum atomic E-state index is 5.26. The Labute approximate surface area is 267 Å². The molecule has 46 heavy (non-hydrogen) atoms. The summed E-state index contributed by atoms with van der Waals surface area (Å²) in [6.07, 6.45) is 7.39. The number of fused-ring (bicyclic) bond motifs is 1. The van der Waals surface area contributed by atoms with E-state index in [9.17, 15) is 0 Å². The lowest BCUT2D eigenvalue weighted by molar-refractivity contribution is 0.653. The van der Waals surface area contributed by atoms with Crippen LogP contribution in [0.4, 0.5) is 0 Å². The van der Waals surface area contributed by atoms with Crippen LogP contribution in [-0.2, 0) is 0 Å². The summed E-state index contributed by atoms with van der Waals surface area (Å²) in [5.41, 5.74) is 11.2. The second kappa shape index (κ2) is 12.1. The molecule has 5 nitrogen and oxygen atoms in total. The fourth-order valence-electron chi connectivity index (χ4n) is 5.90. The lowest BCUT2D eigenvalue weighted by atomic mass is 9.96. The molecule has 0 bridgehead atoms. The van der Waals surface area contributed by atoms with Crippen LogP contribution in [0.25, 0.3) is 67.1 Å². The molecule has 7 aromatic rings. The molecule has 1 unspecified atom stereocenters. The monoisotopic (exact) mass is 591 g/mol. The average molecular weight is 592 g/mol. The van der Waals surface area contributed by atoms with Crippen LogP contribution in [0.15, 0.2) is 163 Å². The van der Waals surface area contributed by atoms with E-state index in [-0.39, 0.29) is 6.17 Å². The molecular formula is C41H29N5. The fraction of sp³-hybridized carbons (Fsp3) is 0.0244. The molecule has 1 aliphatic rings. The highest BCUT2D eigenvalue weighted by Gasteiger charge is 2.16. The Morgan fingerprint density at radius 3 is 1.96 bits per heavy atom. The molecule has 0 aliphatic carbocycles. The Balaban J connectivity index is 1.29. The molecule has 218 valence electrons. The van der Waals surface area contributed by atoms with E-state index in [1.807, 2.05) is 55.0 Å². The maximum absolute atomic E-state index is 5.26. The molecule has 0 spiro atoms. The molecule has 1 N–H and O–H groups in total. The summed E-state index contributed by atoms with van der Waals surface area (Å²) >= 11 is 0. The van der Waals surface area contributed by atoms with Gasteiger partial charge in [0.2, 0.25) is 0 Å². The number of aliphatic imine (C=N–C) groups is 1. The molecule has 0 radical (unpaired) electrons. The molecule has 5 heteroatoms. The van der Waals surface area contributed by atoms with Gasteiger partial charge < -0.3 is 5.32 Å². The summed E-state index contributed by atoms with van der Waals surface area (Å²) in [5, 5.41) is 4.31. The van der Waals surface area contributed by atoms with E-state index in [1.165, 1.54) is 0 Å². The third-order valence-corrected chi connectivity index (χ3v) is 8.23. The number of pyridine rings is 1. The van der Waals surface area contributed by atoms with Gasteiger partial charge in [-0.1, -0.05) is 97.1 Å². The van der Waals surface area contributed by atoms with Crippen LogP contribution in [0.1, 0.15) is 11.7 Å². The normalized spacial score (nSPS) is 13.9. The average Bonchev–Trinajstić information content (AvgIpc) is 3.15. The van der Waals surface area contributed by atoms with Crippen molar-refractivity contribution in [2.45, 2.75) is 6.17 Å². The van der Waals surface area contributed by atoms with Crippen LogP contribution in [-0.4, -0.2) is 21.2 Å². The van der Waals surface area contributed by atoms with Crippen molar-refractivity contribution in [3.63, 3.8) is 0 Å². The van der Waals surface area contributed by atoms with Crippen molar-refractivity contribution in [3.05, 3.63) is 164 Å². The van der Waals surface area contributed by atoms with Gasteiger partial charge >= 0.3 is 0 Å². The first-order valence-corrected chi connectivity index (χ1v) is 15.3. The van der Waals surface area contributed by atoms with Gasteiger partial charge in [-0.2, -0.15) is 0 Å². The van der Waals surface area contributed by atoms with Crippen LogP contribution in [0.3, 0.4) is 0 Å². The Morgan fingerprint density at radius 1 is 0.522 bits per heavy atom. The van der Waals surface area contributed by atoms with Crippen molar-refractivity contribution in [3.8, 4) is 56.2 Å². The number of hydrogen-bond acceptors (Lipinski definition) is 5. The molecule has 0 fully saturated rings. The number of rotatable bonds is 6. The van der Waals surface area contributed by atoms with E-state index < -0.39 is 0 Å². The molecule has 0 amide bonds. The zero-order valence-corrected chi connectivity index (χ0v) is 25.0. The highest BCUT2D eigenvalue weighted by Crippen LogP contribution is 2.36. The Morgan fingerprint density at radius 2 is 1.22 bits per heavy atom. The first-order valence-electron chi connectivity index (χ1n) is 15.3. The molecule has 0 saturated carbocycles. The van der Waals surface area contributed by atoms with E-state index in [4.69, 9.17) is 9.97 Å². The second-order valence-electron chi connectivity index (χ2n) is 11.2. The number of nitrogens with one attached hydrogen (secondary N) is 1. The largest absolute Gasteiger partial charge is 0.366 e. The zero-order chi connectivity index (χ0) is 30.7. The first kappa shape index (κ1) is 27.4. The Kier molecular flexibility index (Phi) is 7.17. The summed E-state index contributed by atoms with van der Waals surface area (Å²) in [6.45, 7) is 0. The second-order valence-corrected chi connectivity index (χ2v) is 11.2. The SMILES string of the molecule is C1=CNC(c2ccc(-c3cc(-c4ccccn4)cc(-c4nc(-c5ccccc5)c5cc(-c6ccccc6)ccc5n4)c3)cc2)N=C1. The minimum atomic E-state index is -0.0840. The van der Waals surface area contributed by atoms with E-state index in [0.29, 0.717) is 5.82 Å². The van der Waals surface area contributed by atoms with Gasteiger partial charge in [0.1, 0.15) is 6.17 Å². The molecule has 0 saturated heterocycles. The molecular weight excluding hydrogens is 562 g/mol.